The maximum atomic E-state index is 5.55. The molecule has 2 N–H and O–H groups in total. The first-order valence-corrected chi connectivity index (χ1v) is 3.90. The number of nitrogen functional groups attached to an aromatic ring is 1. The third-order valence-corrected chi connectivity index (χ3v) is 1.65. The minimum atomic E-state index is 0.506. The van der Waals surface area contributed by atoms with E-state index in [2.05, 4.69) is 21.1 Å². The Morgan fingerprint density at radius 2 is 2.07 bits per heavy atom. The molecule has 0 bridgehead atoms. The van der Waals surface area contributed by atoms with E-state index in [0.717, 1.165) is 0 Å². The summed E-state index contributed by atoms with van der Waals surface area (Å²) in [6, 6.07) is 1.66. The van der Waals surface area contributed by atoms with Gasteiger partial charge in [0.05, 0.1) is 29.8 Å². The Bertz CT molecular complexity index is 480. The third-order valence-electron chi connectivity index (χ3n) is 1.65. The second kappa shape index (κ2) is 3.18. The maximum absolute atomic E-state index is 5.55. The van der Waals surface area contributed by atoms with Gasteiger partial charge in [-0.1, -0.05) is 5.92 Å². The predicted octanol–water partition coefficient (Wildman–Crippen LogP) is 0.226. The normalized spacial score (nSPS) is 9.64. The van der Waals surface area contributed by atoms with Gasteiger partial charge in [0.2, 0.25) is 0 Å². The van der Waals surface area contributed by atoms with E-state index in [1.54, 1.807) is 18.5 Å². The Hall–Kier alpha value is -2.35. The standard InChI is InChI=1S/C9H7N5/c1-2-7-5-8(10)6-11-9(7)14-12-3-4-13-14/h1,3-6H,10H2. The fraction of sp³-hybridized carbons (Fsp3) is 0. The van der Waals surface area contributed by atoms with Crippen LogP contribution in [0.2, 0.25) is 0 Å². The number of hydrogen-bond donors (Lipinski definition) is 1. The summed E-state index contributed by atoms with van der Waals surface area (Å²) in [6.45, 7) is 0. The lowest BCUT2D eigenvalue weighted by atomic mass is 10.2. The smallest absolute Gasteiger partial charge is 0.190 e. The molecule has 2 aromatic rings. The molecule has 0 atom stereocenters. The minimum Gasteiger partial charge on any atom is -0.397 e. The summed E-state index contributed by atoms with van der Waals surface area (Å²) in [6.07, 6.45) is 9.93. The van der Waals surface area contributed by atoms with Crippen LogP contribution in [0.15, 0.2) is 24.7 Å². The van der Waals surface area contributed by atoms with Crippen molar-refractivity contribution in [2.75, 3.05) is 5.73 Å². The number of pyridine rings is 1. The van der Waals surface area contributed by atoms with E-state index >= 15 is 0 Å². The molecule has 14 heavy (non-hydrogen) atoms. The third kappa shape index (κ3) is 1.29. The van der Waals surface area contributed by atoms with Crippen molar-refractivity contribution in [1.82, 2.24) is 20.0 Å². The monoisotopic (exact) mass is 185 g/mol. The number of anilines is 1. The molecule has 0 amide bonds. The van der Waals surface area contributed by atoms with Gasteiger partial charge < -0.3 is 5.73 Å². The average Bonchev–Trinajstić information content (AvgIpc) is 2.70. The van der Waals surface area contributed by atoms with E-state index in [-0.39, 0.29) is 0 Å². The summed E-state index contributed by atoms with van der Waals surface area (Å²) in [7, 11) is 0. The van der Waals surface area contributed by atoms with Gasteiger partial charge in [0.15, 0.2) is 5.82 Å². The van der Waals surface area contributed by atoms with Gasteiger partial charge in [-0.05, 0) is 6.07 Å². The molecule has 5 nitrogen and oxygen atoms in total. The second-order valence-corrected chi connectivity index (χ2v) is 2.60. The molecule has 0 saturated carbocycles. The molecule has 0 saturated heterocycles. The lowest BCUT2D eigenvalue weighted by Gasteiger charge is -2.02. The van der Waals surface area contributed by atoms with Crippen molar-refractivity contribution in [3.63, 3.8) is 0 Å². The Balaban J connectivity index is 2.60. The molecular weight excluding hydrogens is 178 g/mol. The van der Waals surface area contributed by atoms with Crippen LogP contribution in [0, 0.1) is 12.3 Å². The first-order valence-electron chi connectivity index (χ1n) is 3.90. The van der Waals surface area contributed by atoms with Gasteiger partial charge in [0.1, 0.15) is 0 Å². The van der Waals surface area contributed by atoms with Crippen molar-refractivity contribution < 1.29 is 0 Å². The van der Waals surface area contributed by atoms with Gasteiger partial charge >= 0.3 is 0 Å². The van der Waals surface area contributed by atoms with E-state index in [1.165, 1.54) is 11.0 Å². The molecule has 2 aromatic heterocycles. The quantitative estimate of drug-likeness (QED) is 0.645. The molecule has 0 aliphatic rings. The zero-order valence-electron chi connectivity index (χ0n) is 7.25. The lowest BCUT2D eigenvalue weighted by Crippen LogP contribution is -2.05. The van der Waals surface area contributed by atoms with Gasteiger partial charge in [-0.2, -0.15) is 10.2 Å². The molecule has 0 radical (unpaired) electrons. The SMILES string of the molecule is C#Cc1cc(N)cnc1-n1nccn1. The van der Waals surface area contributed by atoms with Crippen LogP contribution >= 0.6 is 0 Å². The summed E-state index contributed by atoms with van der Waals surface area (Å²) in [4.78, 5) is 5.42. The van der Waals surface area contributed by atoms with E-state index in [0.29, 0.717) is 17.1 Å². The first-order chi connectivity index (χ1) is 6.81. The Morgan fingerprint density at radius 1 is 1.36 bits per heavy atom. The van der Waals surface area contributed by atoms with Crippen molar-refractivity contribution in [2.45, 2.75) is 0 Å². The molecule has 2 heterocycles. The lowest BCUT2D eigenvalue weighted by molar-refractivity contribution is 0.728. The summed E-state index contributed by atoms with van der Waals surface area (Å²) in [5.41, 5.74) is 6.64. The van der Waals surface area contributed by atoms with Crippen LogP contribution in [0.3, 0.4) is 0 Å². The average molecular weight is 185 g/mol. The first kappa shape index (κ1) is 8.26. The fourth-order valence-corrected chi connectivity index (χ4v) is 1.06. The molecule has 0 aliphatic carbocycles. The highest BCUT2D eigenvalue weighted by molar-refractivity contribution is 5.52. The molecule has 5 heteroatoms. The maximum Gasteiger partial charge on any atom is 0.190 e. The predicted molar refractivity (Wildman–Crippen MR) is 51.5 cm³/mol. The van der Waals surface area contributed by atoms with Gasteiger partial charge in [0.25, 0.3) is 0 Å². The van der Waals surface area contributed by atoms with E-state index in [4.69, 9.17) is 12.2 Å². The van der Waals surface area contributed by atoms with Crippen molar-refractivity contribution >= 4 is 5.69 Å². The highest BCUT2D eigenvalue weighted by Crippen LogP contribution is 2.11. The zero-order chi connectivity index (χ0) is 9.97. The number of aromatic nitrogens is 4. The largest absolute Gasteiger partial charge is 0.397 e. The Labute approximate surface area is 80.6 Å². The molecule has 0 aromatic carbocycles. The van der Waals surface area contributed by atoms with E-state index in [9.17, 15) is 0 Å². The Morgan fingerprint density at radius 3 is 2.71 bits per heavy atom. The van der Waals surface area contributed by atoms with Gasteiger partial charge in [-0.15, -0.1) is 11.2 Å². The van der Waals surface area contributed by atoms with E-state index in [1.807, 2.05) is 0 Å². The summed E-state index contributed by atoms with van der Waals surface area (Å²) >= 11 is 0. The number of nitrogens with two attached hydrogens (primary N) is 1. The molecule has 0 fully saturated rings. The van der Waals surface area contributed by atoms with Gasteiger partial charge in [0, 0.05) is 0 Å². The molecule has 0 unspecified atom stereocenters. The number of nitrogens with zero attached hydrogens (tertiary/aromatic N) is 4. The van der Waals surface area contributed by atoms with Crippen molar-refractivity contribution in [1.29, 1.82) is 0 Å². The van der Waals surface area contributed by atoms with Crippen LogP contribution in [0.4, 0.5) is 5.69 Å². The van der Waals surface area contributed by atoms with Crippen molar-refractivity contribution in [2.24, 2.45) is 0 Å². The summed E-state index contributed by atoms with van der Waals surface area (Å²) in [5, 5.41) is 7.86. The van der Waals surface area contributed by atoms with Crippen LogP contribution < -0.4 is 5.73 Å². The van der Waals surface area contributed by atoms with Crippen LogP contribution in [-0.4, -0.2) is 20.0 Å². The summed E-state index contributed by atoms with van der Waals surface area (Å²) in [5.74, 6) is 2.99. The molecule has 68 valence electrons. The number of rotatable bonds is 1. The van der Waals surface area contributed by atoms with Crippen molar-refractivity contribution in [3.8, 4) is 18.2 Å². The highest BCUT2D eigenvalue weighted by atomic mass is 15.5. The number of terminal acetylenes is 1. The molecule has 0 aliphatic heterocycles. The van der Waals surface area contributed by atoms with Gasteiger partial charge in [-0.3, -0.25) is 0 Å². The molecular formula is C9H7N5. The molecule has 0 spiro atoms. The summed E-state index contributed by atoms with van der Waals surface area (Å²) < 4.78 is 0. The van der Waals surface area contributed by atoms with E-state index < -0.39 is 0 Å². The Kier molecular flexibility index (Phi) is 1.88. The van der Waals surface area contributed by atoms with Crippen LogP contribution in [0.5, 0.6) is 0 Å². The van der Waals surface area contributed by atoms with Crippen LogP contribution in [-0.2, 0) is 0 Å². The second-order valence-electron chi connectivity index (χ2n) is 2.60. The topological polar surface area (TPSA) is 69.6 Å². The highest BCUT2D eigenvalue weighted by Gasteiger charge is 2.05. The zero-order valence-corrected chi connectivity index (χ0v) is 7.25. The van der Waals surface area contributed by atoms with Gasteiger partial charge in [-0.25, -0.2) is 4.98 Å². The van der Waals surface area contributed by atoms with Crippen molar-refractivity contribution in [3.05, 3.63) is 30.2 Å². The fourth-order valence-electron chi connectivity index (χ4n) is 1.06. The molecule has 2 rings (SSSR count). The minimum absolute atomic E-state index is 0.506. The van der Waals surface area contributed by atoms with Crippen LogP contribution in [0.1, 0.15) is 5.56 Å². The van der Waals surface area contributed by atoms with Crippen LogP contribution in [0.25, 0.3) is 5.82 Å². The number of hydrogen-bond acceptors (Lipinski definition) is 4.